The topological polar surface area (TPSA) is 47.3 Å². The molecule has 0 radical (unpaired) electrons. The van der Waals surface area contributed by atoms with Crippen molar-refractivity contribution in [3.05, 3.63) is 63.7 Å². The summed E-state index contributed by atoms with van der Waals surface area (Å²) in [5.41, 5.74) is 10.0. The molecule has 0 aliphatic rings. The predicted octanol–water partition coefficient (Wildman–Crippen LogP) is 3.48. The molecule has 1 atom stereocenters. The third-order valence-electron chi connectivity index (χ3n) is 3.75. The Balaban J connectivity index is 2.61. The van der Waals surface area contributed by atoms with E-state index in [0.29, 0.717) is 0 Å². The van der Waals surface area contributed by atoms with Crippen LogP contribution in [0.25, 0.3) is 0 Å². The molecular weight excluding hydrogens is 260 g/mol. The van der Waals surface area contributed by atoms with Gasteiger partial charge in [0.1, 0.15) is 5.75 Å². The van der Waals surface area contributed by atoms with Crippen molar-refractivity contribution in [2.45, 2.75) is 33.7 Å². The molecule has 0 aliphatic heterocycles. The monoisotopic (exact) mass is 284 g/mol. The molecule has 3 heteroatoms. The first-order valence-corrected chi connectivity index (χ1v) is 7.15. The SMILES string of the molecule is COc1cc(C)cc(C)c1C(NN)c1cc(C)cc(C)c1. The summed E-state index contributed by atoms with van der Waals surface area (Å²) in [4.78, 5) is 0. The zero-order valence-electron chi connectivity index (χ0n) is 13.4. The van der Waals surface area contributed by atoms with Crippen LogP contribution in [0.15, 0.2) is 30.3 Å². The van der Waals surface area contributed by atoms with Gasteiger partial charge >= 0.3 is 0 Å². The average molecular weight is 284 g/mol. The van der Waals surface area contributed by atoms with Crippen LogP contribution in [0, 0.1) is 27.7 Å². The van der Waals surface area contributed by atoms with E-state index in [1.165, 1.54) is 22.3 Å². The van der Waals surface area contributed by atoms with Crippen molar-refractivity contribution in [2.75, 3.05) is 7.11 Å². The lowest BCUT2D eigenvalue weighted by molar-refractivity contribution is 0.403. The molecule has 0 aromatic heterocycles. The number of nitrogens with two attached hydrogens (primary N) is 1. The van der Waals surface area contributed by atoms with Gasteiger partial charge < -0.3 is 4.74 Å². The third-order valence-corrected chi connectivity index (χ3v) is 3.75. The zero-order chi connectivity index (χ0) is 15.6. The Morgan fingerprint density at radius 1 is 0.905 bits per heavy atom. The van der Waals surface area contributed by atoms with Crippen molar-refractivity contribution < 1.29 is 4.74 Å². The van der Waals surface area contributed by atoms with E-state index in [1.807, 2.05) is 0 Å². The second-order valence-corrected chi connectivity index (χ2v) is 5.72. The van der Waals surface area contributed by atoms with E-state index in [9.17, 15) is 0 Å². The highest BCUT2D eigenvalue weighted by atomic mass is 16.5. The number of hydrogen-bond donors (Lipinski definition) is 2. The smallest absolute Gasteiger partial charge is 0.124 e. The highest BCUT2D eigenvalue weighted by Gasteiger charge is 2.20. The molecule has 0 spiro atoms. The van der Waals surface area contributed by atoms with Gasteiger partial charge in [0.15, 0.2) is 0 Å². The third kappa shape index (κ3) is 3.26. The number of methoxy groups -OCH3 is 1. The quantitative estimate of drug-likeness (QED) is 0.667. The predicted molar refractivity (Wildman–Crippen MR) is 87.6 cm³/mol. The van der Waals surface area contributed by atoms with Crippen LogP contribution in [0.4, 0.5) is 0 Å². The molecule has 0 saturated heterocycles. The lowest BCUT2D eigenvalue weighted by Crippen LogP contribution is -2.30. The zero-order valence-corrected chi connectivity index (χ0v) is 13.4. The molecule has 2 rings (SSSR count). The normalized spacial score (nSPS) is 12.3. The average Bonchev–Trinajstić information content (AvgIpc) is 2.40. The van der Waals surface area contributed by atoms with Gasteiger partial charge in [-0.1, -0.05) is 35.4 Å². The minimum atomic E-state index is -0.0841. The fraction of sp³-hybridized carbons (Fsp3) is 0.333. The maximum Gasteiger partial charge on any atom is 0.124 e. The van der Waals surface area contributed by atoms with Crippen LogP contribution in [0.5, 0.6) is 5.75 Å². The number of nitrogens with one attached hydrogen (secondary N) is 1. The number of aryl methyl sites for hydroxylation is 4. The van der Waals surface area contributed by atoms with Crippen LogP contribution >= 0.6 is 0 Å². The number of rotatable bonds is 4. The van der Waals surface area contributed by atoms with Crippen molar-refractivity contribution in [2.24, 2.45) is 5.84 Å². The summed E-state index contributed by atoms with van der Waals surface area (Å²) >= 11 is 0. The molecule has 0 saturated carbocycles. The van der Waals surface area contributed by atoms with Crippen molar-refractivity contribution in [1.82, 2.24) is 5.43 Å². The van der Waals surface area contributed by atoms with E-state index >= 15 is 0 Å². The molecule has 0 heterocycles. The molecule has 0 fully saturated rings. The first kappa shape index (κ1) is 15.5. The van der Waals surface area contributed by atoms with Gasteiger partial charge in [0.2, 0.25) is 0 Å². The summed E-state index contributed by atoms with van der Waals surface area (Å²) in [7, 11) is 1.70. The van der Waals surface area contributed by atoms with E-state index in [4.69, 9.17) is 10.6 Å². The van der Waals surface area contributed by atoms with Gasteiger partial charge in [0.25, 0.3) is 0 Å². The molecule has 3 nitrogen and oxygen atoms in total. The standard InChI is InChI=1S/C18H24N2O/c1-11-6-12(2)9-15(8-11)18(20-19)17-14(4)7-13(3)10-16(17)21-5/h6-10,18,20H,19H2,1-5H3. The molecule has 112 valence electrons. The van der Waals surface area contributed by atoms with Crippen molar-refractivity contribution in [3.63, 3.8) is 0 Å². The summed E-state index contributed by atoms with van der Waals surface area (Å²) in [6.45, 7) is 8.37. The summed E-state index contributed by atoms with van der Waals surface area (Å²) in [6, 6.07) is 10.6. The fourth-order valence-electron chi connectivity index (χ4n) is 3.00. The van der Waals surface area contributed by atoms with Crippen LogP contribution in [0.1, 0.15) is 39.4 Å². The van der Waals surface area contributed by atoms with Gasteiger partial charge in [-0.15, -0.1) is 0 Å². The largest absolute Gasteiger partial charge is 0.496 e. The summed E-state index contributed by atoms with van der Waals surface area (Å²) in [6.07, 6.45) is 0. The van der Waals surface area contributed by atoms with Gasteiger partial charge in [-0.05, 0) is 50.5 Å². The number of ether oxygens (including phenoxy) is 1. The Morgan fingerprint density at radius 3 is 2.00 bits per heavy atom. The highest BCUT2D eigenvalue weighted by molar-refractivity contribution is 5.49. The number of benzene rings is 2. The maximum atomic E-state index is 5.86. The molecule has 2 aromatic carbocycles. The second kappa shape index (κ2) is 6.29. The molecule has 0 bridgehead atoms. The number of hydrogen-bond acceptors (Lipinski definition) is 3. The highest BCUT2D eigenvalue weighted by Crippen LogP contribution is 2.34. The molecule has 0 amide bonds. The lowest BCUT2D eigenvalue weighted by Gasteiger charge is -2.23. The first-order chi connectivity index (χ1) is 9.96. The summed E-state index contributed by atoms with van der Waals surface area (Å²) in [5.74, 6) is 6.73. The minimum absolute atomic E-state index is 0.0841. The Labute approximate surface area is 127 Å². The van der Waals surface area contributed by atoms with Crippen LogP contribution in [0.2, 0.25) is 0 Å². The van der Waals surface area contributed by atoms with Gasteiger partial charge in [0, 0.05) is 5.56 Å². The maximum absolute atomic E-state index is 5.86. The molecule has 21 heavy (non-hydrogen) atoms. The van der Waals surface area contributed by atoms with E-state index < -0.39 is 0 Å². The first-order valence-electron chi connectivity index (χ1n) is 7.15. The van der Waals surface area contributed by atoms with Gasteiger partial charge in [0.05, 0.1) is 13.2 Å². The van der Waals surface area contributed by atoms with Crippen LogP contribution in [-0.4, -0.2) is 7.11 Å². The summed E-state index contributed by atoms with van der Waals surface area (Å²) in [5, 5.41) is 0. The minimum Gasteiger partial charge on any atom is -0.496 e. The van der Waals surface area contributed by atoms with Crippen molar-refractivity contribution in [3.8, 4) is 5.75 Å². The summed E-state index contributed by atoms with van der Waals surface area (Å²) < 4.78 is 5.58. The Morgan fingerprint density at radius 2 is 1.48 bits per heavy atom. The Kier molecular flexibility index (Phi) is 4.66. The van der Waals surface area contributed by atoms with Gasteiger partial charge in [-0.2, -0.15) is 0 Å². The molecule has 2 aromatic rings. The molecule has 1 unspecified atom stereocenters. The van der Waals surface area contributed by atoms with Gasteiger partial charge in [-0.25, -0.2) is 5.43 Å². The van der Waals surface area contributed by atoms with Gasteiger partial charge in [-0.3, -0.25) is 5.84 Å². The van der Waals surface area contributed by atoms with Crippen LogP contribution in [0.3, 0.4) is 0 Å². The van der Waals surface area contributed by atoms with Crippen LogP contribution < -0.4 is 16.0 Å². The fourth-order valence-corrected chi connectivity index (χ4v) is 3.00. The van der Waals surface area contributed by atoms with Crippen molar-refractivity contribution >= 4 is 0 Å². The van der Waals surface area contributed by atoms with E-state index in [2.05, 4.69) is 63.5 Å². The van der Waals surface area contributed by atoms with Crippen molar-refractivity contribution in [1.29, 1.82) is 0 Å². The Hall–Kier alpha value is -1.84. The second-order valence-electron chi connectivity index (χ2n) is 5.72. The van der Waals surface area contributed by atoms with E-state index in [-0.39, 0.29) is 6.04 Å². The van der Waals surface area contributed by atoms with Crippen LogP contribution in [-0.2, 0) is 0 Å². The molecule has 0 aliphatic carbocycles. The lowest BCUT2D eigenvalue weighted by atomic mass is 9.91. The molecular formula is C18H24N2O. The Bertz CT molecular complexity index is 630. The number of hydrazine groups is 1. The van der Waals surface area contributed by atoms with E-state index in [0.717, 1.165) is 16.9 Å². The molecule has 3 N–H and O–H groups in total. The van der Waals surface area contributed by atoms with E-state index in [1.54, 1.807) is 7.11 Å².